The van der Waals surface area contributed by atoms with Crippen molar-refractivity contribution in [1.29, 1.82) is 0 Å². The molecule has 0 unspecified atom stereocenters. The van der Waals surface area contributed by atoms with Crippen LogP contribution >= 0.6 is 11.8 Å². The number of ether oxygens (including phenoxy) is 1. The maximum Gasteiger partial charge on any atom is 0.271 e. The van der Waals surface area contributed by atoms with Gasteiger partial charge in [0, 0.05) is 43.4 Å². The monoisotopic (exact) mass is 410 g/mol. The summed E-state index contributed by atoms with van der Waals surface area (Å²) >= 11 is 1.95. The number of carbonyl (C=O) groups excluding carboxylic acids is 1. The number of aromatic nitrogens is 4. The fraction of sp³-hybridized carbons (Fsp3) is 0.300. The molecule has 2 aromatic heterocycles. The molecule has 3 aromatic rings. The van der Waals surface area contributed by atoms with Crippen LogP contribution in [0, 0.1) is 0 Å². The van der Waals surface area contributed by atoms with Crippen LogP contribution in [0.15, 0.2) is 49.2 Å². The van der Waals surface area contributed by atoms with Crippen LogP contribution < -0.4 is 15.0 Å². The average Bonchev–Trinajstić information content (AvgIpc) is 3.29. The molecular formula is C20H22N6O2S. The fourth-order valence-corrected chi connectivity index (χ4v) is 3.93. The highest BCUT2D eigenvalue weighted by molar-refractivity contribution is 7.99. The normalized spacial score (nSPS) is 13.9. The third kappa shape index (κ3) is 4.68. The molecule has 1 aliphatic rings. The van der Waals surface area contributed by atoms with E-state index < -0.39 is 0 Å². The molecule has 1 amide bonds. The molecule has 1 aromatic carbocycles. The number of benzene rings is 1. The van der Waals surface area contributed by atoms with Gasteiger partial charge in [-0.05, 0) is 17.7 Å². The second-order valence-electron chi connectivity index (χ2n) is 6.53. The number of nitrogens with zero attached hydrogens (tertiary/aromatic N) is 5. The first kappa shape index (κ1) is 19.3. The molecule has 0 radical (unpaired) electrons. The number of hydrogen-bond acceptors (Lipinski definition) is 7. The van der Waals surface area contributed by atoms with E-state index in [4.69, 9.17) is 4.74 Å². The smallest absolute Gasteiger partial charge is 0.271 e. The van der Waals surface area contributed by atoms with Crippen molar-refractivity contribution in [2.45, 2.75) is 6.54 Å². The molecule has 1 N–H and O–H groups in total. The van der Waals surface area contributed by atoms with Gasteiger partial charge in [-0.1, -0.05) is 12.1 Å². The Hall–Kier alpha value is -3.07. The lowest BCUT2D eigenvalue weighted by Gasteiger charge is -2.27. The highest BCUT2D eigenvalue weighted by atomic mass is 32.2. The van der Waals surface area contributed by atoms with Crippen LogP contribution in [0.2, 0.25) is 0 Å². The van der Waals surface area contributed by atoms with Crippen LogP contribution in [0.5, 0.6) is 5.75 Å². The third-order valence-electron chi connectivity index (χ3n) is 4.67. The Bertz CT molecular complexity index is 969. The van der Waals surface area contributed by atoms with Gasteiger partial charge in [0.15, 0.2) is 0 Å². The van der Waals surface area contributed by atoms with E-state index in [9.17, 15) is 4.79 Å². The minimum atomic E-state index is -0.234. The molecule has 1 aliphatic heterocycles. The number of thioether (sulfide) groups is 1. The Labute approximate surface area is 173 Å². The summed E-state index contributed by atoms with van der Waals surface area (Å²) in [6.07, 6.45) is 4.83. The molecule has 4 rings (SSSR count). The Balaban J connectivity index is 1.41. The van der Waals surface area contributed by atoms with Gasteiger partial charge in [-0.15, -0.1) is 0 Å². The Morgan fingerprint density at radius 3 is 2.66 bits per heavy atom. The van der Waals surface area contributed by atoms with Crippen molar-refractivity contribution in [1.82, 2.24) is 24.8 Å². The van der Waals surface area contributed by atoms with Gasteiger partial charge < -0.3 is 15.0 Å². The molecule has 9 heteroatoms. The quantitative estimate of drug-likeness (QED) is 0.666. The molecule has 150 valence electrons. The second kappa shape index (κ2) is 8.95. The van der Waals surface area contributed by atoms with E-state index in [-0.39, 0.29) is 5.91 Å². The van der Waals surface area contributed by atoms with E-state index in [2.05, 4.69) is 25.2 Å². The predicted octanol–water partition coefficient (Wildman–Crippen LogP) is 2.15. The SMILES string of the molecule is COc1ccc(CNC(=O)c2cn(-c3cc(N4CCSCC4)ncn3)cn2)cc1. The van der Waals surface area contributed by atoms with E-state index in [1.54, 1.807) is 30.5 Å². The lowest BCUT2D eigenvalue weighted by atomic mass is 10.2. The van der Waals surface area contributed by atoms with E-state index in [1.165, 1.54) is 0 Å². The molecular weight excluding hydrogens is 388 g/mol. The molecule has 29 heavy (non-hydrogen) atoms. The third-order valence-corrected chi connectivity index (χ3v) is 5.61. The van der Waals surface area contributed by atoms with Crippen LogP contribution in [0.25, 0.3) is 5.82 Å². The van der Waals surface area contributed by atoms with E-state index in [0.29, 0.717) is 18.1 Å². The lowest BCUT2D eigenvalue weighted by Crippen LogP contribution is -2.33. The van der Waals surface area contributed by atoms with Gasteiger partial charge in [0.25, 0.3) is 5.91 Å². The summed E-state index contributed by atoms with van der Waals surface area (Å²) in [5.74, 6) is 4.34. The zero-order valence-electron chi connectivity index (χ0n) is 16.1. The number of imidazole rings is 1. The fourth-order valence-electron chi connectivity index (χ4n) is 3.03. The van der Waals surface area contributed by atoms with Gasteiger partial charge >= 0.3 is 0 Å². The molecule has 0 atom stereocenters. The number of methoxy groups -OCH3 is 1. The van der Waals surface area contributed by atoms with Crippen molar-refractivity contribution in [3.8, 4) is 11.6 Å². The van der Waals surface area contributed by atoms with Crippen molar-refractivity contribution in [2.75, 3.05) is 36.6 Å². The molecule has 0 bridgehead atoms. The summed E-state index contributed by atoms with van der Waals surface area (Å²) in [6.45, 7) is 2.37. The summed E-state index contributed by atoms with van der Waals surface area (Å²) < 4.78 is 6.88. The molecule has 3 heterocycles. The molecule has 1 saturated heterocycles. The first-order chi connectivity index (χ1) is 14.2. The highest BCUT2D eigenvalue weighted by Crippen LogP contribution is 2.19. The zero-order valence-corrected chi connectivity index (χ0v) is 16.9. The number of carbonyl (C=O) groups is 1. The Kier molecular flexibility index (Phi) is 5.95. The maximum absolute atomic E-state index is 12.4. The first-order valence-electron chi connectivity index (χ1n) is 9.33. The topological polar surface area (TPSA) is 85.2 Å². The van der Waals surface area contributed by atoms with Crippen molar-refractivity contribution >= 4 is 23.5 Å². The van der Waals surface area contributed by atoms with Gasteiger partial charge in [-0.2, -0.15) is 11.8 Å². The van der Waals surface area contributed by atoms with Gasteiger partial charge in [0.05, 0.1) is 7.11 Å². The summed E-state index contributed by atoms with van der Waals surface area (Å²) in [5, 5.41) is 2.88. The van der Waals surface area contributed by atoms with Crippen molar-refractivity contribution in [3.63, 3.8) is 0 Å². The summed E-state index contributed by atoms with van der Waals surface area (Å²) in [7, 11) is 1.62. The van der Waals surface area contributed by atoms with Gasteiger partial charge in [0.2, 0.25) is 0 Å². The summed E-state index contributed by atoms with van der Waals surface area (Å²) in [6, 6.07) is 9.49. The minimum absolute atomic E-state index is 0.234. The largest absolute Gasteiger partial charge is 0.497 e. The van der Waals surface area contributed by atoms with Crippen LogP contribution in [-0.2, 0) is 6.54 Å². The molecule has 8 nitrogen and oxygen atoms in total. The Morgan fingerprint density at radius 1 is 1.14 bits per heavy atom. The van der Waals surface area contributed by atoms with Crippen LogP contribution in [0.4, 0.5) is 5.82 Å². The van der Waals surface area contributed by atoms with Crippen molar-refractivity contribution in [2.24, 2.45) is 0 Å². The van der Waals surface area contributed by atoms with Crippen molar-refractivity contribution in [3.05, 3.63) is 60.4 Å². The van der Waals surface area contributed by atoms with E-state index in [1.807, 2.05) is 42.1 Å². The summed E-state index contributed by atoms with van der Waals surface area (Å²) in [5.41, 5.74) is 1.33. The van der Waals surface area contributed by atoms with Gasteiger partial charge in [-0.3, -0.25) is 9.36 Å². The maximum atomic E-state index is 12.4. The summed E-state index contributed by atoms with van der Waals surface area (Å²) in [4.78, 5) is 27.6. The second-order valence-corrected chi connectivity index (χ2v) is 7.76. The predicted molar refractivity (Wildman–Crippen MR) is 113 cm³/mol. The highest BCUT2D eigenvalue weighted by Gasteiger charge is 2.15. The molecule has 0 spiro atoms. The molecule has 1 fully saturated rings. The minimum Gasteiger partial charge on any atom is -0.497 e. The number of anilines is 1. The number of nitrogens with one attached hydrogen (secondary N) is 1. The molecule has 0 aliphatic carbocycles. The number of amides is 1. The Morgan fingerprint density at radius 2 is 1.90 bits per heavy atom. The number of rotatable bonds is 6. The van der Waals surface area contributed by atoms with E-state index in [0.717, 1.165) is 41.7 Å². The first-order valence-corrected chi connectivity index (χ1v) is 10.5. The van der Waals surface area contributed by atoms with Crippen LogP contribution in [-0.4, -0.2) is 57.1 Å². The van der Waals surface area contributed by atoms with E-state index >= 15 is 0 Å². The molecule has 0 saturated carbocycles. The average molecular weight is 411 g/mol. The van der Waals surface area contributed by atoms with Gasteiger partial charge in [-0.25, -0.2) is 15.0 Å². The lowest BCUT2D eigenvalue weighted by molar-refractivity contribution is 0.0946. The zero-order chi connectivity index (χ0) is 20.1. The van der Waals surface area contributed by atoms with Crippen molar-refractivity contribution < 1.29 is 9.53 Å². The van der Waals surface area contributed by atoms with Gasteiger partial charge in [0.1, 0.15) is 35.7 Å². The van der Waals surface area contributed by atoms with Crippen LogP contribution in [0.3, 0.4) is 0 Å². The standard InChI is InChI=1S/C20H22N6O2S/c1-28-16-4-2-15(3-5-16)11-21-20(27)17-12-26(14-24-17)19-10-18(22-13-23-19)25-6-8-29-9-7-25/h2-5,10,12-14H,6-9,11H2,1H3,(H,21,27). The number of hydrogen-bond donors (Lipinski definition) is 1. The van der Waals surface area contributed by atoms with Crippen LogP contribution in [0.1, 0.15) is 16.1 Å².